The zero-order chi connectivity index (χ0) is 86.6. The van der Waals surface area contributed by atoms with Crippen LogP contribution in [0, 0.1) is 0 Å². The van der Waals surface area contributed by atoms with Crippen molar-refractivity contribution >= 4 is 113 Å². The van der Waals surface area contributed by atoms with E-state index in [1.165, 1.54) is 121 Å². The molecule has 24 rings (SSSR count). The minimum atomic E-state index is -0.0189. The Hall–Kier alpha value is -15.2. The second kappa shape index (κ2) is 34.0. The van der Waals surface area contributed by atoms with Crippen LogP contribution in [0.1, 0.15) is 25.0 Å². The van der Waals surface area contributed by atoms with Crippen LogP contribution in [0.3, 0.4) is 0 Å². The summed E-state index contributed by atoms with van der Waals surface area (Å²) in [6.07, 6.45) is 0. The van der Waals surface area contributed by atoms with Gasteiger partial charge in [-0.3, -0.25) is 0 Å². The molecular weight excluding hydrogens is 1770 g/mol. The van der Waals surface area contributed by atoms with Crippen molar-refractivity contribution in [3.63, 3.8) is 0 Å². The summed E-state index contributed by atoms with van der Waals surface area (Å²) >= 11 is 10.7. The first kappa shape index (κ1) is 79.7. The minimum Gasteiger partial charge on any atom is -0.309 e. The van der Waals surface area contributed by atoms with Crippen molar-refractivity contribution < 1.29 is 0 Å². The fourth-order valence-electron chi connectivity index (χ4n) is 18.3. The van der Waals surface area contributed by atoms with Gasteiger partial charge < -0.3 is 13.7 Å². The molecule has 5 heterocycles. The van der Waals surface area contributed by atoms with Crippen LogP contribution in [-0.4, -0.2) is 43.6 Å². The summed E-state index contributed by atoms with van der Waals surface area (Å²) in [5, 5.41) is 7.35. The summed E-state index contributed by atoms with van der Waals surface area (Å²) < 4.78 is 10.3. The maximum absolute atomic E-state index is 4.99. The molecule has 129 heavy (non-hydrogen) atoms. The van der Waals surface area contributed by atoms with Gasteiger partial charge in [-0.2, -0.15) is 0 Å². The fraction of sp³-hybridized carbons (Fsp3) is 0.0256. The van der Waals surface area contributed by atoms with E-state index in [0.717, 1.165) is 74.7 Å². The van der Waals surface area contributed by atoms with Crippen LogP contribution in [0.4, 0.5) is 0 Å². The number of benzene rings is 18. The van der Waals surface area contributed by atoms with Crippen LogP contribution in [0.5, 0.6) is 0 Å². The number of aromatic nitrogens is 9. The zero-order valence-electron chi connectivity index (χ0n) is 70.2. The number of fused-ring (bicyclic) bond motifs is 12. The fourth-order valence-corrected chi connectivity index (χ4v) is 19.1. The molecule has 1 aliphatic rings. The number of para-hydroxylation sites is 3. The van der Waals surface area contributed by atoms with Crippen molar-refractivity contribution in [2.45, 2.75) is 19.3 Å². The maximum Gasteiger partial charge on any atom is 0.164 e. The van der Waals surface area contributed by atoms with Crippen molar-refractivity contribution in [1.82, 2.24) is 43.6 Å². The minimum absolute atomic E-state index is 0.0189. The second-order valence-corrected chi connectivity index (χ2v) is 35.7. The number of hydrogen-bond acceptors (Lipinski definition) is 6. The molecule has 0 unspecified atom stereocenters. The quantitative estimate of drug-likeness (QED) is 0.114. The lowest BCUT2D eigenvalue weighted by atomic mass is 9.81. The standard InChI is InChI=1S/2C39H25BrN4.C39H28BrN/c40-31-20-16-26(17-21-31)29-19-23-35-34(24-29)33-22-18-30(25-36(33)44(35)32-14-8-3-9-15-32)39-42-37(27-10-4-1-5-11-27)41-38(43-39)28-12-6-2-7-13-28;40-31-20-15-26(16-21-31)30-19-24-36-34(25-30)33-13-7-8-14-35(33)44(36)32-22-17-29(18-23-32)39-42-37(27-9-3-1-4-10-27)41-38(43-39)28-11-5-2-6-12-28;1-39(2)35-11-7-6-10-31(35)32-19-14-28(24-36(32)39)27-16-21-38-34(23-27)33-22-26(25-12-17-29(40)18-13-25)15-20-37(33)41(38)30-8-4-3-5-9-30/h2*1-25H;3-24H,1-2H3. The average Bonchev–Trinajstić information content (AvgIpc) is 1.57. The molecule has 23 aromatic rings. The van der Waals surface area contributed by atoms with E-state index in [0.29, 0.717) is 34.9 Å². The molecule has 0 amide bonds. The molecule has 0 atom stereocenters. The van der Waals surface area contributed by atoms with Gasteiger partial charge in [0, 0.05) is 102 Å². The van der Waals surface area contributed by atoms with E-state index >= 15 is 0 Å². The molecule has 0 aliphatic heterocycles. The van der Waals surface area contributed by atoms with E-state index in [1.54, 1.807) is 0 Å². The van der Waals surface area contributed by atoms with Gasteiger partial charge in [0.2, 0.25) is 0 Å². The van der Waals surface area contributed by atoms with Crippen LogP contribution in [-0.2, 0) is 5.41 Å². The topological polar surface area (TPSA) is 92.1 Å². The first-order valence-electron chi connectivity index (χ1n) is 43.1. The van der Waals surface area contributed by atoms with E-state index in [1.807, 2.05) is 121 Å². The molecule has 0 saturated heterocycles. The van der Waals surface area contributed by atoms with E-state index < -0.39 is 0 Å². The largest absolute Gasteiger partial charge is 0.309 e. The lowest BCUT2D eigenvalue weighted by molar-refractivity contribution is 0.660. The summed E-state index contributed by atoms with van der Waals surface area (Å²) in [5.41, 5.74) is 31.3. The maximum atomic E-state index is 4.99. The molecular formula is C117H78Br3N9. The molecule has 12 heteroatoms. The molecule has 0 spiro atoms. The lowest BCUT2D eigenvalue weighted by Crippen LogP contribution is -2.14. The monoisotopic (exact) mass is 1850 g/mol. The zero-order valence-corrected chi connectivity index (χ0v) is 75.0. The molecule has 0 bridgehead atoms. The average molecular weight is 1850 g/mol. The van der Waals surface area contributed by atoms with Crippen molar-refractivity contribution in [3.8, 4) is 141 Å². The molecule has 9 nitrogen and oxygen atoms in total. The molecule has 1 aliphatic carbocycles. The van der Waals surface area contributed by atoms with E-state index in [9.17, 15) is 0 Å². The smallest absolute Gasteiger partial charge is 0.164 e. The van der Waals surface area contributed by atoms with Crippen molar-refractivity contribution in [2.75, 3.05) is 0 Å². The molecule has 0 saturated carbocycles. The highest BCUT2D eigenvalue weighted by molar-refractivity contribution is 9.11. The van der Waals surface area contributed by atoms with Crippen LogP contribution >= 0.6 is 47.8 Å². The van der Waals surface area contributed by atoms with E-state index in [-0.39, 0.29) is 5.41 Å². The van der Waals surface area contributed by atoms with Crippen LogP contribution in [0.25, 0.3) is 206 Å². The number of nitrogens with zero attached hydrogens (tertiary/aromatic N) is 9. The van der Waals surface area contributed by atoms with Gasteiger partial charge >= 0.3 is 0 Å². The van der Waals surface area contributed by atoms with Gasteiger partial charge in [0.1, 0.15) is 0 Å². The Morgan fingerprint density at radius 2 is 0.442 bits per heavy atom. The van der Waals surface area contributed by atoms with Gasteiger partial charge in [-0.15, -0.1) is 0 Å². The van der Waals surface area contributed by atoms with Gasteiger partial charge in [0.15, 0.2) is 34.9 Å². The number of rotatable bonds is 13. The van der Waals surface area contributed by atoms with Gasteiger partial charge in [0.25, 0.3) is 0 Å². The second-order valence-electron chi connectivity index (χ2n) is 32.9. The third kappa shape index (κ3) is 15.3. The van der Waals surface area contributed by atoms with Crippen molar-refractivity contribution in [2.24, 2.45) is 0 Å². The highest BCUT2D eigenvalue weighted by Gasteiger charge is 2.35. The molecule has 612 valence electrons. The lowest BCUT2D eigenvalue weighted by Gasteiger charge is -2.22. The predicted molar refractivity (Wildman–Crippen MR) is 544 cm³/mol. The van der Waals surface area contributed by atoms with Crippen molar-refractivity contribution in [3.05, 3.63) is 461 Å². The van der Waals surface area contributed by atoms with Crippen molar-refractivity contribution in [1.29, 1.82) is 0 Å². The third-order valence-corrected chi connectivity index (χ3v) is 26.3. The Kier molecular flexibility index (Phi) is 21.0. The first-order chi connectivity index (χ1) is 63.4. The third-order valence-electron chi connectivity index (χ3n) is 24.7. The van der Waals surface area contributed by atoms with E-state index in [4.69, 9.17) is 29.9 Å². The Morgan fingerprint density at radius 3 is 0.853 bits per heavy atom. The summed E-state index contributed by atoms with van der Waals surface area (Å²) in [4.78, 5) is 29.5. The van der Waals surface area contributed by atoms with Crippen LogP contribution in [0.2, 0.25) is 0 Å². The number of halogens is 3. The summed E-state index contributed by atoms with van der Waals surface area (Å²) in [6.45, 7) is 4.70. The Bertz CT molecular complexity index is 8050. The van der Waals surface area contributed by atoms with Gasteiger partial charge in [-0.05, 0) is 218 Å². The van der Waals surface area contributed by atoms with Gasteiger partial charge in [-0.1, -0.05) is 347 Å². The molecule has 0 N–H and O–H groups in total. The number of hydrogen-bond donors (Lipinski definition) is 0. The van der Waals surface area contributed by atoms with Crippen LogP contribution in [0.15, 0.2) is 450 Å². The molecule has 0 fully saturated rings. The van der Waals surface area contributed by atoms with Gasteiger partial charge in [-0.25, -0.2) is 29.9 Å². The SMILES string of the molecule is Brc1ccc(-c2ccc3c(c2)c2ccc(-c4nc(-c5ccccc5)nc(-c5ccccc5)n4)cc2n3-c2ccccc2)cc1.Brc1ccc(-c2ccc3c(c2)c2ccccc2n3-c2ccc(-c3nc(-c4ccccc4)nc(-c4ccccc4)n3)cc2)cc1.CC1(C)c2ccccc2-c2ccc(-c3ccc4c(c3)c3cc(-c5ccc(Br)cc5)ccc3n4-c3ccccc3)cc21. The summed E-state index contributed by atoms with van der Waals surface area (Å²) in [7, 11) is 0. The normalized spacial score (nSPS) is 12.0. The Labute approximate surface area is 772 Å². The van der Waals surface area contributed by atoms with E-state index in [2.05, 4.69) is 391 Å². The predicted octanol–water partition coefficient (Wildman–Crippen LogP) is 32.0. The molecule has 5 aromatic heterocycles. The Balaban J connectivity index is 0.000000114. The first-order valence-corrected chi connectivity index (χ1v) is 45.5. The molecule has 0 radical (unpaired) electrons. The highest BCUT2D eigenvalue weighted by atomic mass is 79.9. The van der Waals surface area contributed by atoms with Gasteiger partial charge in [0.05, 0.1) is 33.1 Å². The highest BCUT2D eigenvalue weighted by Crippen LogP contribution is 2.51. The Morgan fingerprint density at radius 1 is 0.178 bits per heavy atom. The molecule has 18 aromatic carbocycles. The summed E-state index contributed by atoms with van der Waals surface area (Å²) in [6, 6.07) is 154. The van der Waals surface area contributed by atoms with Crippen LogP contribution < -0.4 is 0 Å². The summed E-state index contributed by atoms with van der Waals surface area (Å²) in [5.74, 6) is 3.89.